The van der Waals surface area contributed by atoms with Crippen molar-refractivity contribution in [3.8, 4) is 0 Å². The van der Waals surface area contributed by atoms with E-state index in [2.05, 4.69) is 28.4 Å². The lowest BCUT2D eigenvalue weighted by atomic mass is 9.94. The minimum absolute atomic E-state index is 0.388. The molecule has 0 radical (unpaired) electrons. The lowest BCUT2D eigenvalue weighted by Crippen LogP contribution is -2.59. The van der Waals surface area contributed by atoms with Crippen molar-refractivity contribution in [2.45, 2.75) is 44.6 Å². The fraction of sp³-hybridized carbons (Fsp3) is 0.786. The Morgan fingerprint density at radius 1 is 1.39 bits per heavy atom. The van der Waals surface area contributed by atoms with Crippen LogP contribution in [0.5, 0.6) is 0 Å². The summed E-state index contributed by atoms with van der Waals surface area (Å²) in [7, 11) is 2.02. The lowest BCUT2D eigenvalue weighted by Gasteiger charge is -2.42. The molecular weight excluding hydrogens is 224 g/mol. The zero-order valence-electron chi connectivity index (χ0n) is 11.6. The Morgan fingerprint density at radius 2 is 2.17 bits per heavy atom. The zero-order valence-corrected chi connectivity index (χ0v) is 11.6. The Hall–Kier alpha value is -1.03. The summed E-state index contributed by atoms with van der Waals surface area (Å²) in [6.45, 7) is 5.57. The van der Waals surface area contributed by atoms with Gasteiger partial charge in [0.05, 0.1) is 11.4 Å². The van der Waals surface area contributed by atoms with Gasteiger partial charge in [0.1, 0.15) is 0 Å². The van der Waals surface area contributed by atoms with Crippen molar-refractivity contribution in [1.82, 2.24) is 15.1 Å². The van der Waals surface area contributed by atoms with Crippen molar-refractivity contribution in [2.75, 3.05) is 24.5 Å². The van der Waals surface area contributed by atoms with Crippen molar-refractivity contribution in [1.29, 1.82) is 0 Å². The molecule has 0 bridgehead atoms. The van der Waals surface area contributed by atoms with Crippen LogP contribution in [0.25, 0.3) is 0 Å². The molecule has 2 heterocycles. The van der Waals surface area contributed by atoms with Gasteiger partial charge in [-0.1, -0.05) is 19.8 Å². The molecular formula is C14H24N4. The van der Waals surface area contributed by atoms with E-state index in [-0.39, 0.29) is 0 Å². The monoisotopic (exact) mass is 248 g/mol. The molecule has 1 N–H and O–H groups in total. The number of aryl methyl sites for hydroxylation is 2. The molecule has 18 heavy (non-hydrogen) atoms. The summed E-state index contributed by atoms with van der Waals surface area (Å²) in [6.07, 6.45) is 8.65. The standard InChI is InChI=1S/C14H24N4/c1-3-12-13(10-17(2)16-12)18-9-8-15-14(11-18)6-4-5-7-14/h10,15H,3-9,11H2,1-2H3. The van der Waals surface area contributed by atoms with Gasteiger partial charge in [-0.05, 0) is 19.3 Å². The molecule has 2 fully saturated rings. The average Bonchev–Trinajstić information content (AvgIpc) is 2.96. The van der Waals surface area contributed by atoms with E-state index < -0.39 is 0 Å². The van der Waals surface area contributed by atoms with E-state index in [4.69, 9.17) is 0 Å². The van der Waals surface area contributed by atoms with Gasteiger partial charge in [-0.15, -0.1) is 0 Å². The summed E-state index contributed by atoms with van der Waals surface area (Å²) in [5.41, 5.74) is 2.99. The number of nitrogens with one attached hydrogen (secondary N) is 1. The molecule has 1 aliphatic carbocycles. The molecule has 4 nitrogen and oxygen atoms in total. The van der Waals surface area contributed by atoms with Crippen LogP contribution >= 0.6 is 0 Å². The molecule has 0 aromatic carbocycles. The summed E-state index contributed by atoms with van der Waals surface area (Å²) in [4.78, 5) is 2.55. The van der Waals surface area contributed by atoms with E-state index >= 15 is 0 Å². The van der Waals surface area contributed by atoms with Gasteiger partial charge in [0.25, 0.3) is 0 Å². The molecule has 0 amide bonds. The van der Waals surface area contributed by atoms with Gasteiger partial charge in [-0.2, -0.15) is 5.10 Å². The third-order valence-electron chi connectivity index (χ3n) is 4.49. The van der Waals surface area contributed by atoms with Gasteiger partial charge in [0, 0.05) is 38.4 Å². The highest BCUT2D eigenvalue weighted by Gasteiger charge is 2.38. The number of hydrogen-bond donors (Lipinski definition) is 1. The molecule has 4 heteroatoms. The number of aromatic nitrogens is 2. The molecule has 1 aromatic heterocycles. The maximum Gasteiger partial charge on any atom is 0.0855 e. The second-order valence-corrected chi connectivity index (χ2v) is 5.82. The Labute approximate surface area is 109 Å². The van der Waals surface area contributed by atoms with Crippen molar-refractivity contribution in [3.05, 3.63) is 11.9 Å². The summed E-state index contributed by atoms with van der Waals surface area (Å²) in [5.74, 6) is 0. The second kappa shape index (κ2) is 4.57. The molecule has 1 aromatic rings. The number of rotatable bonds is 2. The second-order valence-electron chi connectivity index (χ2n) is 5.82. The quantitative estimate of drug-likeness (QED) is 0.865. The van der Waals surface area contributed by atoms with Gasteiger partial charge in [0.15, 0.2) is 0 Å². The molecule has 3 rings (SSSR count). The molecule has 100 valence electrons. The molecule has 1 saturated carbocycles. The fourth-order valence-corrected chi connectivity index (χ4v) is 3.59. The number of hydrogen-bond acceptors (Lipinski definition) is 3. The number of nitrogens with zero attached hydrogens (tertiary/aromatic N) is 3. The smallest absolute Gasteiger partial charge is 0.0855 e. The SMILES string of the molecule is CCc1nn(C)cc1N1CCNC2(CCCC2)C1. The van der Waals surface area contributed by atoms with Crippen LogP contribution in [-0.2, 0) is 13.5 Å². The maximum atomic E-state index is 4.57. The minimum Gasteiger partial charge on any atom is -0.366 e. The molecule has 1 saturated heterocycles. The minimum atomic E-state index is 0.388. The molecule has 1 spiro atoms. The van der Waals surface area contributed by atoms with Gasteiger partial charge in [0.2, 0.25) is 0 Å². The largest absolute Gasteiger partial charge is 0.366 e. The predicted molar refractivity (Wildman–Crippen MR) is 74.0 cm³/mol. The Kier molecular flexibility index (Phi) is 3.06. The maximum absolute atomic E-state index is 4.57. The highest BCUT2D eigenvalue weighted by Crippen LogP contribution is 2.34. The first kappa shape index (κ1) is 12.0. The van der Waals surface area contributed by atoms with Crippen LogP contribution in [-0.4, -0.2) is 35.0 Å². The third-order valence-corrected chi connectivity index (χ3v) is 4.49. The van der Waals surface area contributed by atoms with Crippen molar-refractivity contribution < 1.29 is 0 Å². The van der Waals surface area contributed by atoms with Gasteiger partial charge < -0.3 is 10.2 Å². The van der Waals surface area contributed by atoms with E-state index in [1.165, 1.54) is 37.1 Å². The first-order valence-corrected chi connectivity index (χ1v) is 7.25. The molecule has 0 atom stereocenters. The van der Waals surface area contributed by atoms with Crippen LogP contribution in [0.15, 0.2) is 6.20 Å². The first-order chi connectivity index (χ1) is 8.72. The topological polar surface area (TPSA) is 33.1 Å². The van der Waals surface area contributed by atoms with Crippen LogP contribution in [0, 0.1) is 0 Å². The summed E-state index contributed by atoms with van der Waals surface area (Å²) >= 11 is 0. The third kappa shape index (κ3) is 2.03. The first-order valence-electron chi connectivity index (χ1n) is 7.25. The van der Waals surface area contributed by atoms with E-state index in [0.29, 0.717) is 5.54 Å². The molecule has 0 unspecified atom stereocenters. The van der Waals surface area contributed by atoms with E-state index in [9.17, 15) is 0 Å². The predicted octanol–water partition coefficient (Wildman–Crippen LogP) is 1.70. The van der Waals surface area contributed by atoms with Gasteiger partial charge >= 0.3 is 0 Å². The Morgan fingerprint density at radius 3 is 2.89 bits per heavy atom. The van der Waals surface area contributed by atoms with E-state index in [1.54, 1.807) is 0 Å². The van der Waals surface area contributed by atoms with Crippen molar-refractivity contribution >= 4 is 5.69 Å². The summed E-state index contributed by atoms with van der Waals surface area (Å²) in [5, 5.41) is 8.34. The van der Waals surface area contributed by atoms with Crippen molar-refractivity contribution in [2.24, 2.45) is 7.05 Å². The number of anilines is 1. The van der Waals surface area contributed by atoms with Gasteiger partial charge in [-0.25, -0.2) is 0 Å². The van der Waals surface area contributed by atoms with Crippen molar-refractivity contribution in [3.63, 3.8) is 0 Å². The Balaban J connectivity index is 1.83. The lowest BCUT2D eigenvalue weighted by molar-refractivity contribution is 0.303. The van der Waals surface area contributed by atoms with Crippen LogP contribution < -0.4 is 10.2 Å². The van der Waals surface area contributed by atoms with Crippen LogP contribution in [0.2, 0.25) is 0 Å². The fourth-order valence-electron chi connectivity index (χ4n) is 3.59. The zero-order chi connectivity index (χ0) is 12.6. The highest BCUT2D eigenvalue weighted by atomic mass is 15.3. The summed E-state index contributed by atoms with van der Waals surface area (Å²) in [6, 6.07) is 0. The summed E-state index contributed by atoms with van der Waals surface area (Å²) < 4.78 is 1.96. The molecule has 1 aliphatic heterocycles. The average molecular weight is 248 g/mol. The Bertz CT molecular complexity index is 417. The highest BCUT2D eigenvalue weighted by molar-refractivity contribution is 5.50. The van der Waals surface area contributed by atoms with Gasteiger partial charge in [-0.3, -0.25) is 4.68 Å². The number of piperazine rings is 1. The van der Waals surface area contributed by atoms with Crippen LogP contribution in [0.3, 0.4) is 0 Å². The van der Waals surface area contributed by atoms with Crippen LogP contribution in [0.4, 0.5) is 5.69 Å². The van der Waals surface area contributed by atoms with Crippen LogP contribution in [0.1, 0.15) is 38.3 Å². The van der Waals surface area contributed by atoms with E-state index in [1.807, 2.05) is 11.7 Å². The molecule has 2 aliphatic rings. The van der Waals surface area contributed by atoms with E-state index in [0.717, 1.165) is 26.1 Å². The normalized spacial score (nSPS) is 22.9.